The number of aromatic nitrogens is 1. The Bertz CT molecular complexity index is 1470. The van der Waals surface area contributed by atoms with Crippen LogP contribution in [0.3, 0.4) is 0 Å². The highest BCUT2D eigenvalue weighted by atomic mass is 79.9. The standard InChI is InChI=1S/C26H24BrN3O3S2/c27-22-8-4-7-21(17-22)25-19-34-26(30(25)18-20-5-2-1-3-6-20)28-23-9-11-24(12-10-23)35(31,32)29-13-15-33-16-14-29/h1-12,17,19H,13-16,18H2. The third-order valence-electron chi connectivity index (χ3n) is 5.77. The number of thiazole rings is 1. The lowest BCUT2D eigenvalue weighted by molar-refractivity contribution is 0.0730. The molecular weight excluding hydrogens is 546 g/mol. The van der Waals surface area contributed by atoms with Crippen LogP contribution in [0.25, 0.3) is 11.3 Å². The van der Waals surface area contributed by atoms with Crippen molar-refractivity contribution in [1.29, 1.82) is 0 Å². The van der Waals surface area contributed by atoms with Gasteiger partial charge in [-0.2, -0.15) is 4.31 Å². The van der Waals surface area contributed by atoms with Crippen molar-refractivity contribution < 1.29 is 13.2 Å². The Balaban J connectivity index is 1.51. The quantitative estimate of drug-likeness (QED) is 0.317. The first-order valence-corrected chi connectivity index (χ1v) is 14.3. The number of sulfonamides is 1. The predicted octanol–water partition coefficient (Wildman–Crippen LogP) is 5.28. The molecule has 35 heavy (non-hydrogen) atoms. The van der Waals surface area contributed by atoms with Gasteiger partial charge in [-0.15, -0.1) is 11.3 Å². The van der Waals surface area contributed by atoms with E-state index in [0.29, 0.717) is 38.5 Å². The summed E-state index contributed by atoms with van der Waals surface area (Å²) in [6, 6.07) is 25.3. The summed E-state index contributed by atoms with van der Waals surface area (Å²) in [6.45, 7) is 2.27. The summed E-state index contributed by atoms with van der Waals surface area (Å²) in [5, 5.41) is 2.11. The molecule has 3 aromatic carbocycles. The average Bonchev–Trinajstić information content (AvgIpc) is 3.27. The van der Waals surface area contributed by atoms with Gasteiger partial charge in [0.25, 0.3) is 0 Å². The summed E-state index contributed by atoms with van der Waals surface area (Å²) in [5.41, 5.74) is 4.05. The zero-order valence-corrected chi connectivity index (χ0v) is 22.1. The van der Waals surface area contributed by atoms with E-state index >= 15 is 0 Å². The first-order chi connectivity index (χ1) is 17.0. The molecule has 0 unspecified atom stereocenters. The topological polar surface area (TPSA) is 63.9 Å². The van der Waals surface area contributed by atoms with Crippen molar-refractivity contribution in [2.24, 2.45) is 4.99 Å². The smallest absolute Gasteiger partial charge is 0.243 e. The predicted molar refractivity (Wildman–Crippen MR) is 142 cm³/mol. The molecule has 1 fully saturated rings. The van der Waals surface area contributed by atoms with Crippen LogP contribution in [0.1, 0.15) is 5.56 Å². The van der Waals surface area contributed by atoms with E-state index in [-0.39, 0.29) is 4.90 Å². The first kappa shape index (κ1) is 24.1. The number of hydrogen-bond acceptors (Lipinski definition) is 5. The van der Waals surface area contributed by atoms with Gasteiger partial charge in [0.05, 0.1) is 36.0 Å². The van der Waals surface area contributed by atoms with Gasteiger partial charge < -0.3 is 9.30 Å². The third-order valence-corrected chi connectivity index (χ3v) is 9.04. The maximum absolute atomic E-state index is 12.9. The highest BCUT2D eigenvalue weighted by molar-refractivity contribution is 9.10. The van der Waals surface area contributed by atoms with Crippen molar-refractivity contribution in [3.05, 3.63) is 99.1 Å². The van der Waals surface area contributed by atoms with Crippen molar-refractivity contribution >= 4 is 43.0 Å². The van der Waals surface area contributed by atoms with Gasteiger partial charge in [0, 0.05) is 28.5 Å². The summed E-state index contributed by atoms with van der Waals surface area (Å²) >= 11 is 5.14. The molecule has 1 aromatic heterocycles. The Morgan fingerprint density at radius 1 is 0.943 bits per heavy atom. The molecule has 0 aliphatic carbocycles. The zero-order valence-electron chi connectivity index (χ0n) is 18.9. The molecule has 0 amide bonds. The van der Waals surface area contributed by atoms with Crippen LogP contribution in [0.15, 0.2) is 98.6 Å². The number of ether oxygens (including phenoxy) is 1. The van der Waals surface area contributed by atoms with Gasteiger partial charge in [0.1, 0.15) is 0 Å². The largest absolute Gasteiger partial charge is 0.379 e. The van der Waals surface area contributed by atoms with E-state index in [4.69, 9.17) is 9.73 Å². The molecule has 0 bridgehead atoms. The minimum Gasteiger partial charge on any atom is -0.379 e. The van der Waals surface area contributed by atoms with Crippen LogP contribution in [-0.4, -0.2) is 43.6 Å². The summed E-state index contributed by atoms with van der Waals surface area (Å²) in [7, 11) is -3.53. The molecule has 180 valence electrons. The van der Waals surface area contributed by atoms with E-state index in [1.807, 2.05) is 30.3 Å². The van der Waals surface area contributed by atoms with Gasteiger partial charge in [-0.1, -0.05) is 58.4 Å². The molecule has 4 aromatic rings. The molecule has 6 nitrogen and oxygen atoms in total. The van der Waals surface area contributed by atoms with Gasteiger partial charge >= 0.3 is 0 Å². The number of nitrogens with zero attached hydrogens (tertiary/aromatic N) is 3. The van der Waals surface area contributed by atoms with E-state index in [1.165, 1.54) is 9.87 Å². The number of halogens is 1. The van der Waals surface area contributed by atoms with E-state index in [1.54, 1.807) is 35.6 Å². The maximum atomic E-state index is 12.9. The number of benzene rings is 3. The lowest BCUT2D eigenvalue weighted by Crippen LogP contribution is -2.40. The van der Waals surface area contributed by atoms with Crippen LogP contribution in [0.2, 0.25) is 0 Å². The molecular formula is C26H24BrN3O3S2. The van der Waals surface area contributed by atoms with Crippen LogP contribution < -0.4 is 4.80 Å². The highest BCUT2D eigenvalue weighted by Crippen LogP contribution is 2.25. The SMILES string of the molecule is O=S(=O)(c1ccc(N=c2scc(-c3cccc(Br)c3)n2Cc2ccccc2)cc1)N1CCOCC1. The van der Waals surface area contributed by atoms with Gasteiger partial charge in [-0.05, 0) is 42.0 Å². The van der Waals surface area contributed by atoms with Gasteiger partial charge in [-0.25, -0.2) is 13.4 Å². The van der Waals surface area contributed by atoms with Crippen LogP contribution in [0, 0.1) is 0 Å². The number of morpholine rings is 1. The molecule has 9 heteroatoms. The minimum atomic E-state index is -3.53. The van der Waals surface area contributed by atoms with Gasteiger partial charge in [0.2, 0.25) is 10.0 Å². The number of hydrogen-bond donors (Lipinski definition) is 0. The molecule has 1 saturated heterocycles. The van der Waals surface area contributed by atoms with Crippen molar-refractivity contribution in [3.8, 4) is 11.3 Å². The fourth-order valence-corrected chi connectivity index (χ4v) is 6.69. The van der Waals surface area contributed by atoms with Crippen molar-refractivity contribution in [2.45, 2.75) is 11.4 Å². The monoisotopic (exact) mass is 569 g/mol. The normalized spacial score (nSPS) is 15.4. The summed E-state index contributed by atoms with van der Waals surface area (Å²) in [4.78, 5) is 6.00. The molecule has 0 N–H and O–H groups in total. The number of rotatable bonds is 6. The maximum Gasteiger partial charge on any atom is 0.243 e. The second-order valence-electron chi connectivity index (χ2n) is 8.11. The molecule has 0 spiro atoms. The van der Waals surface area contributed by atoms with Crippen LogP contribution in [0.5, 0.6) is 0 Å². The average molecular weight is 571 g/mol. The molecule has 5 rings (SSSR count). The van der Waals surface area contributed by atoms with Gasteiger partial charge in [-0.3, -0.25) is 0 Å². The zero-order chi connectivity index (χ0) is 24.3. The highest BCUT2D eigenvalue weighted by Gasteiger charge is 2.26. The fourth-order valence-electron chi connectivity index (χ4n) is 3.96. The Kier molecular flexibility index (Phi) is 7.31. The first-order valence-electron chi connectivity index (χ1n) is 11.2. The molecule has 1 aliphatic heterocycles. The second kappa shape index (κ2) is 10.6. The molecule has 0 radical (unpaired) electrons. The summed E-state index contributed by atoms with van der Waals surface area (Å²) in [6.07, 6.45) is 0. The molecule has 0 saturated carbocycles. The third kappa shape index (κ3) is 5.49. The Morgan fingerprint density at radius 3 is 2.40 bits per heavy atom. The fraction of sp³-hybridized carbons (Fsp3) is 0.192. The van der Waals surface area contributed by atoms with Crippen LogP contribution >= 0.6 is 27.3 Å². The lowest BCUT2D eigenvalue weighted by atomic mass is 10.1. The van der Waals surface area contributed by atoms with Crippen molar-refractivity contribution in [2.75, 3.05) is 26.3 Å². The molecule has 0 atom stereocenters. The van der Waals surface area contributed by atoms with Crippen molar-refractivity contribution in [3.63, 3.8) is 0 Å². The summed E-state index contributed by atoms with van der Waals surface area (Å²) in [5.74, 6) is 0. The van der Waals surface area contributed by atoms with E-state index in [9.17, 15) is 8.42 Å². The van der Waals surface area contributed by atoms with E-state index in [2.05, 4.69) is 50.1 Å². The summed E-state index contributed by atoms with van der Waals surface area (Å²) < 4.78 is 35.8. The second-order valence-corrected chi connectivity index (χ2v) is 11.8. The van der Waals surface area contributed by atoms with E-state index in [0.717, 1.165) is 20.5 Å². The molecule has 2 heterocycles. The van der Waals surface area contributed by atoms with E-state index < -0.39 is 10.0 Å². The molecule has 1 aliphatic rings. The lowest BCUT2D eigenvalue weighted by Gasteiger charge is -2.26. The Labute approximate surface area is 217 Å². The Morgan fingerprint density at radius 2 is 1.69 bits per heavy atom. The van der Waals surface area contributed by atoms with Gasteiger partial charge in [0.15, 0.2) is 4.80 Å². The minimum absolute atomic E-state index is 0.275. The van der Waals surface area contributed by atoms with Crippen LogP contribution in [0.4, 0.5) is 5.69 Å². The van der Waals surface area contributed by atoms with Crippen LogP contribution in [-0.2, 0) is 21.3 Å². The Hall–Kier alpha value is -2.56. The van der Waals surface area contributed by atoms with Crippen molar-refractivity contribution in [1.82, 2.24) is 8.87 Å².